The van der Waals surface area contributed by atoms with E-state index in [0.717, 1.165) is 17.8 Å². The van der Waals surface area contributed by atoms with Gasteiger partial charge in [0.1, 0.15) is 11.3 Å². The van der Waals surface area contributed by atoms with Crippen LogP contribution in [0.25, 0.3) is 17.0 Å². The number of benzene rings is 1. The topological polar surface area (TPSA) is 13.1 Å². The first-order valence-corrected chi connectivity index (χ1v) is 8.83. The van der Waals surface area contributed by atoms with Crippen molar-refractivity contribution in [1.82, 2.24) is 0 Å². The summed E-state index contributed by atoms with van der Waals surface area (Å²) in [7, 11) is 0. The van der Waals surface area contributed by atoms with Gasteiger partial charge in [-0.2, -0.15) is 0 Å². The van der Waals surface area contributed by atoms with E-state index in [1.165, 1.54) is 67.9 Å². The maximum atomic E-state index is 6.11. The Morgan fingerprint density at radius 2 is 1.91 bits per heavy atom. The van der Waals surface area contributed by atoms with Crippen molar-refractivity contribution in [2.45, 2.75) is 64.7 Å². The van der Waals surface area contributed by atoms with Crippen LogP contribution in [-0.4, -0.2) is 0 Å². The van der Waals surface area contributed by atoms with Crippen molar-refractivity contribution in [3.8, 4) is 0 Å². The average Bonchev–Trinajstić information content (AvgIpc) is 2.92. The molecule has 1 saturated carbocycles. The van der Waals surface area contributed by atoms with Crippen LogP contribution in [0.4, 0.5) is 0 Å². The van der Waals surface area contributed by atoms with Crippen LogP contribution in [-0.2, 0) is 6.42 Å². The van der Waals surface area contributed by atoms with Crippen LogP contribution in [0.15, 0.2) is 40.0 Å². The molecule has 1 aliphatic rings. The molecule has 2 aromatic rings. The quantitative estimate of drug-likeness (QED) is 0.443. The fourth-order valence-corrected chi connectivity index (χ4v) is 3.29. The second-order valence-corrected chi connectivity index (χ2v) is 6.35. The summed E-state index contributed by atoms with van der Waals surface area (Å²) in [4.78, 5) is 0. The first-order valence-electron chi connectivity index (χ1n) is 8.83. The molecule has 0 spiro atoms. The van der Waals surface area contributed by atoms with Crippen molar-refractivity contribution in [2.75, 3.05) is 0 Å². The molecular weight excluding hydrogens is 268 g/mol. The molecule has 1 aromatic carbocycles. The van der Waals surface area contributed by atoms with E-state index in [9.17, 15) is 0 Å². The lowest BCUT2D eigenvalue weighted by molar-refractivity contribution is 0.530. The lowest BCUT2D eigenvalue weighted by Gasteiger charge is -2.10. The van der Waals surface area contributed by atoms with E-state index in [1.807, 2.05) is 0 Å². The predicted octanol–water partition coefficient (Wildman–Crippen LogP) is 6.67. The van der Waals surface area contributed by atoms with Crippen molar-refractivity contribution >= 4 is 17.0 Å². The molecule has 0 radical (unpaired) electrons. The zero-order chi connectivity index (χ0) is 15.2. The Morgan fingerprint density at radius 3 is 2.73 bits per heavy atom. The molecule has 1 fully saturated rings. The molecule has 0 bridgehead atoms. The van der Waals surface area contributed by atoms with Crippen LogP contribution in [0.3, 0.4) is 0 Å². The van der Waals surface area contributed by atoms with E-state index in [2.05, 4.69) is 43.0 Å². The number of rotatable bonds is 5. The number of furan rings is 1. The molecule has 0 saturated heterocycles. The van der Waals surface area contributed by atoms with Crippen molar-refractivity contribution in [3.63, 3.8) is 0 Å². The normalized spacial score (nSPS) is 15.0. The lowest BCUT2D eigenvalue weighted by Crippen LogP contribution is -1.91. The summed E-state index contributed by atoms with van der Waals surface area (Å²) in [5.41, 5.74) is 7.33. The second kappa shape index (κ2) is 7.51. The number of para-hydroxylation sites is 1. The first kappa shape index (κ1) is 15.2. The third kappa shape index (κ3) is 3.54. The first-order chi connectivity index (χ1) is 10.9. The van der Waals surface area contributed by atoms with Crippen molar-refractivity contribution in [1.29, 1.82) is 0 Å². The van der Waals surface area contributed by atoms with Gasteiger partial charge in [0.15, 0.2) is 0 Å². The molecule has 22 heavy (non-hydrogen) atoms. The molecule has 0 aliphatic heterocycles. The third-order valence-electron chi connectivity index (χ3n) is 4.60. The summed E-state index contributed by atoms with van der Waals surface area (Å²) >= 11 is 0. The zero-order valence-corrected chi connectivity index (χ0v) is 13.7. The van der Waals surface area contributed by atoms with Gasteiger partial charge in [0.2, 0.25) is 0 Å². The summed E-state index contributed by atoms with van der Waals surface area (Å²) in [6.45, 7) is 2.24. The Morgan fingerprint density at radius 1 is 1.09 bits per heavy atom. The highest BCUT2D eigenvalue weighted by Crippen LogP contribution is 2.29. The Bertz CT molecular complexity index is 675. The number of allylic oxidation sites excluding steroid dienone is 1. The van der Waals surface area contributed by atoms with Crippen molar-refractivity contribution in [3.05, 3.63) is 46.9 Å². The number of aryl methyl sites for hydroxylation is 1. The summed E-state index contributed by atoms with van der Waals surface area (Å²) in [5, 5.41) is 1.23. The van der Waals surface area contributed by atoms with E-state index in [0.29, 0.717) is 0 Å². The monoisotopic (exact) mass is 294 g/mol. The fraction of sp³-hybridized carbons (Fsp3) is 0.476. The van der Waals surface area contributed by atoms with Gasteiger partial charge in [-0.15, -0.1) is 5.73 Å². The second-order valence-electron chi connectivity index (χ2n) is 6.35. The maximum Gasteiger partial charge on any atom is 0.134 e. The van der Waals surface area contributed by atoms with Gasteiger partial charge in [0, 0.05) is 17.4 Å². The average molecular weight is 294 g/mol. The SMILES string of the molecule is CCCCCc1oc2ccccc2c1C=C=C1CCCCC1. The van der Waals surface area contributed by atoms with Gasteiger partial charge >= 0.3 is 0 Å². The molecule has 1 nitrogen and oxygen atoms in total. The van der Waals surface area contributed by atoms with Crippen LogP contribution in [0.2, 0.25) is 0 Å². The number of hydrogen-bond acceptors (Lipinski definition) is 1. The highest BCUT2D eigenvalue weighted by Gasteiger charge is 2.11. The molecule has 3 rings (SSSR count). The Kier molecular flexibility index (Phi) is 5.19. The Labute approximate surface area is 133 Å². The summed E-state index contributed by atoms with van der Waals surface area (Å²) in [6.07, 6.45) is 13.4. The third-order valence-corrected chi connectivity index (χ3v) is 4.60. The van der Waals surface area contributed by atoms with Crippen LogP contribution in [0, 0.1) is 0 Å². The van der Waals surface area contributed by atoms with Gasteiger partial charge in [0.25, 0.3) is 0 Å². The van der Waals surface area contributed by atoms with E-state index in [1.54, 1.807) is 0 Å². The van der Waals surface area contributed by atoms with Crippen LogP contribution < -0.4 is 0 Å². The van der Waals surface area contributed by atoms with Gasteiger partial charge in [-0.3, -0.25) is 0 Å². The smallest absolute Gasteiger partial charge is 0.134 e. The molecule has 1 aliphatic carbocycles. The standard InChI is InChI=1S/C21H26O/c1-2-3-5-13-21-19(16-15-17-10-6-4-7-11-17)18-12-8-9-14-20(18)22-21/h8-9,12,14,16H,2-7,10-11,13H2,1H3. The number of unbranched alkanes of at least 4 members (excludes halogenated alkanes) is 2. The van der Waals surface area contributed by atoms with Gasteiger partial charge in [-0.1, -0.05) is 44.4 Å². The highest BCUT2D eigenvalue weighted by molar-refractivity contribution is 5.88. The molecule has 0 atom stereocenters. The van der Waals surface area contributed by atoms with Gasteiger partial charge < -0.3 is 4.42 Å². The molecule has 1 heterocycles. The molecule has 116 valence electrons. The van der Waals surface area contributed by atoms with Crippen LogP contribution >= 0.6 is 0 Å². The lowest BCUT2D eigenvalue weighted by atomic mass is 9.95. The van der Waals surface area contributed by atoms with Gasteiger partial charge in [0.05, 0.1) is 0 Å². The molecule has 0 amide bonds. The van der Waals surface area contributed by atoms with E-state index < -0.39 is 0 Å². The van der Waals surface area contributed by atoms with Crippen LogP contribution in [0.1, 0.15) is 69.6 Å². The maximum absolute atomic E-state index is 6.11. The minimum absolute atomic E-state index is 1.01. The summed E-state index contributed by atoms with van der Waals surface area (Å²) < 4.78 is 6.11. The molecule has 0 N–H and O–H groups in total. The molecule has 1 heteroatoms. The Balaban J connectivity index is 1.94. The van der Waals surface area contributed by atoms with E-state index >= 15 is 0 Å². The van der Waals surface area contributed by atoms with Gasteiger partial charge in [-0.25, -0.2) is 0 Å². The van der Waals surface area contributed by atoms with Crippen molar-refractivity contribution in [2.24, 2.45) is 0 Å². The minimum atomic E-state index is 1.01. The molecular formula is C21H26O. The largest absolute Gasteiger partial charge is 0.460 e. The molecule has 1 aromatic heterocycles. The number of hydrogen-bond donors (Lipinski definition) is 0. The predicted molar refractivity (Wildman–Crippen MR) is 94.0 cm³/mol. The highest BCUT2D eigenvalue weighted by atomic mass is 16.3. The summed E-state index contributed by atoms with van der Waals surface area (Å²) in [6, 6.07) is 8.39. The number of fused-ring (bicyclic) bond motifs is 1. The Hall–Kier alpha value is -1.72. The molecule has 0 unspecified atom stereocenters. The van der Waals surface area contributed by atoms with E-state index in [-0.39, 0.29) is 0 Å². The van der Waals surface area contributed by atoms with E-state index in [4.69, 9.17) is 4.42 Å². The van der Waals surface area contributed by atoms with Gasteiger partial charge in [-0.05, 0) is 49.8 Å². The minimum Gasteiger partial charge on any atom is -0.460 e. The summed E-state index contributed by atoms with van der Waals surface area (Å²) in [5.74, 6) is 1.14. The zero-order valence-electron chi connectivity index (χ0n) is 13.7. The van der Waals surface area contributed by atoms with Crippen LogP contribution in [0.5, 0.6) is 0 Å². The fourth-order valence-electron chi connectivity index (χ4n) is 3.29. The van der Waals surface area contributed by atoms with Crippen molar-refractivity contribution < 1.29 is 4.42 Å².